The highest BCUT2D eigenvalue weighted by atomic mass is 35.5. The van der Waals surface area contributed by atoms with E-state index >= 15 is 0 Å². The van der Waals surface area contributed by atoms with Crippen LogP contribution in [0, 0.1) is 0 Å². The fourth-order valence-electron chi connectivity index (χ4n) is 4.68. The number of anilines is 1. The van der Waals surface area contributed by atoms with Crippen LogP contribution in [0.2, 0.25) is 10.0 Å². The molecule has 1 fully saturated rings. The van der Waals surface area contributed by atoms with Crippen molar-refractivity contribution in [3.63, 3.8) is 0 Å². The van der Waals surface area contributed by atoms with Gasteiger partial charge in [0.15, 0.2) is 0 Å². The van der Waals surface area contributed by atoms with E-state index in [1.165, 1.54) is 4.57 Å². The summed E-state index contributed by atoms with van der Waals surface area (Å²) >= 11 is 12.5. The zero-order valence-electron chi connectivity index (χ0n) is 21.2. The Balaban J connectivity index is 1.80. The molecule has 1 aromatic heterocycles. The molecule has 1 saturated heterocycles. The van der Waals surface area contributed by atoms with Crippen LogP contribution in [-0.2, 0) is 11.3 Å². The van der Waals surface area contributed by atoms with E-state index in [0.717, 1.165) is 38.3 Å². The van der Waals surface area contributed by atoms with Gasteiger partial charge in [0.2, 0.25) is 5.91 Å². The lowest BCUT2D eigenvalue weighted by Crippen LogP contribution is -2.37. The first kappa shape index (κ1) is 26.5. The van der Waals surface area contributed by atoms with E-state index in [1.807, 2.05) is 32.0 Å². The van der Waals surface area contributed by atoms with Gasteiger partial charge in [-0.15, -0.1) is 0 Å². The summed E-state index contributed by atoms with van der Waals surface area (Å²) in [5.41, 5.74) is 1.86. The van der Waals surface area contributed by atoms with E-state index in [-0.39, 0.29) is 24.1 Å². The van der Waals surface area contributed by atoms with Crippen molar-refractivity contribution >= 4 is 45.7 Å². The van der Waals surface area contributed by atoms with E-state index in [2.05, 4.69) is 29.0 Å². The van der Waals surface area contributed by atoms with Crippen molar-refractivity contribution in [1.29, 1.82) is 0 Å². The molecule has 1 amide bonds. The molecule has 0 spiro atoms. The Morgan fingerprint density at radius 1 is 1.00 bits per heavy atom. The second-order valence-electron chi connectivity index (χ2n) is 9.88. The van der Waals surface area contributed by atoms with Crippen LogP contribution in [0.3, 0.4) is 0 Å². The normalized spacial score (nSPS) is 15.1. The van der Waals surface area contributed by atoms with Crippen LogP contribution in [0.4, 0.5) is 5.69 Å². The van der Waals surface area contributed by atoms with Crippen LogP contribution < -0.4 is 15.8 Å². The summed E-state index contributed by atoms with van der Waals surface area (Å²) in [5.74, 6) is 0.0889. The maximum atomic E-state index is 13.8. The minimum Gasteiger partial charge on any atom is -0.370 e. The first-order chi connectivity index (χ1) is 17.1. The molecule has 0 saturated carbocycles. The zero-order chi connectivity index (χ0) is 26.0. The lowest BCUT2D eigenvalue weighted by Gasteiger charge is -2.26. The fraction of sp³-hybridized carbons (Fsp3) is 0.444. The van der Waals surface area contributed by atoms with Crippen LogP contribution >= 0.6 is 23.2 Å². The number of aromatic nitrogens is 2. The number of carbonyl (C=O) groups is 1. The maximum absolute atomic E-state index is 13.8. The molecule has 9 heteroatoms. The summed E-state index contributed by atoms with van der Waals surface area (Å²) in [6, 6.07) is 11.3. The van der Waals surface area contributed by atoms with Gasteiger partial charge < -0.3 is 10.2 Å². The third kappa shape index (κ3) is 6.02. The predicted molar refractivity (Wildman–Crippen MR) is 148 cm³/mol. The Kier molecular flexibility index (Phi) is 8.23. The van der Waals surface area contributed by atoms with Gasteiger partial charge in [-0.2, -0.15) is 0 Å². The number of nitrogens with one attached hydrogen (secondary N) is 1. The molecule has 2 aromatic carbocycles. The van der Waals surface area contributed by atoms with Gasteiger partial charge in [0.25, 0.3) is 5.56 Å². The summed E-state index contributed by atoms with van der Waals surface area (Å²) in [6.07, 6.45) is 1.06. The molecule has 0 bridgehead atoms. The number of halogens is 2. The number of rotatable bonds is 6. The zero-order valence-corrected chi connectivity index (χ0v) is 22.7. The Hall–Kier alpha value is -2.61. The lowest BCUT2D eigenvalue weighted by molar-refractivity contribution is -0.122. The number of amides is 1. The van der Waals surface area contributed by atoms with E-state index in [1.54, 1.807) is 18.2 Å². The Morgan fingerprint density at radius 3 is 2.39 bits per heavy atom. The van der Waals surface area contributed by atoms with E-state index in [4.69, 9.17) is 28.2 Å². The van der Waals surface area contributed by atoms with Gasteiger partial charge in [-0.05, 0) is 70.5 Å². The second kappa shape index (κ2) is 11.2. The van der Waals surface area contributed by atoms with Crippen molar-refractivity contribution in [3.8, 4) is 11.4 Å². The molecule has 0 aliphatic carbocycles. The Bertz CT molecular complexity index is 1300. The number of nitrogens with zero attached hydrogens (tertiary/aromatic N) is 4. The molecule has 0 radical (unpaired) electrons. The summed E-state index contributed by atoms with van der Waals surface area (Å²) in [5, 5.41) is 4.19. The van der Waals surface area contributed by atoms with Gasteiger partial charge in [-0.3, -0.25) is 19.1 Å². The molecule has 7 nitrogen and oxygen atoms in total. The summed E-state index contributed by atoms with van der Waals surface area (Å²) in [6.45, 7) is 11.9. The molecule has 192 valence electrons. The molecule has 0 unspecified atom stereocenters. The first-order valence-corrected chi connectivity index (χ1v) is 13.2. The highest BCUT2D eigenvalue weighted by Gasteiger charge is 2.20. The minimum absolute atomic E-state index is 0.0503. The topological polar surface area (TPSA) is 70.5 Å². The SMILES string of the molecule is CC(C)NC(=O)Cn1c(-c2cc(Cl)cc(Cl)c2)nc2ccc(N3CCCN(C(C)C)CC3)cc2c1=O. The molecule has 4 rings (SSSR count). The molecular formula is C27H33Cl2N5O2. The predicted octanol–water partition coefficient (Wildman–Crippen LogP) is 4.82. The fourth-order valence-corrected chi connectivity index (χ4v) is 5.20. The molecule has 0 atom stereocenters. The van der Waals surface area contributed by atoms with Crippen molar-refractivity contribution in [2.75, 3.05) is 31.1 Å². The van der Waals surface area contributed by atoms with Crippen LogP contribution in [0.1, 0.15) is 34.1 Å². The minimum atomic E-state index is -0.273. The van der Waals surface area contributed by atoms with Crippen LogP contribution in [-0.4, -0.2) is 58.6 Å². The lowest BCUT2D eigenvalue weighted by atomic mass is 10.1. The molecule has 1 N–H and O–H groups in total. The smallest absolute Gasteiger partial charge is 0.262 e. The molecule has 1 aliphatic rings. The van der Waals surface area contributed by atoms with Crippen LogP contribution in [0.25, 0.3) is 22.3 Å². The average Bonchev–Trinajstić information content (AvgIpc) is 3.06. The Labute approximate surface area is 222 Å². The molecule has 3 aromatic rings. The second-order valence-corrected chi connectivity index (χ2v) is 10.8. The standard InChI is InChI=1S/C27H33Cl2N5O2/c1-17(2)30-25(35)16-34-26(19-12-20(28)14-21(29)13-19)31-24-7-6-22(15-23(24)27(34)36)33-9-5-8-32(10-11-33)18(3)4/h6-7,12-15,17-18H,5,8-11,16H2,1-4H3,(H,30,35). The van der Waals surface area contributed by atoms with Gasteiger partial charge in [0, 0.05) is 59.6 Å². The molecule has 2 heterocycles. The van der Waals surface area contributed by atoms with Crippen molar-refractivity contribution in [2.24, 2.45) is 0 Å². The van der Waals surface area contributed by atoms with Crippen LogP contribution in [0.15, 0.2) is 41.2 Å². The monoisotopic (exact) mass is 529 g/mol. The average molecular weight is 531 g/mol. The molecular weight excluding hydrogens is 497 g/mol. The number of benzene rings is 2. The first-order valence-electron chi connectivity index (χ1n) is 12.4. The summed E-state index contributed by atoms with van der Waals surface area (Å²) < 4.78 is 1.41. The van der Waals surface area contributed by atoms with E-state index in [0.29, 0.717) is 38.4 Å². The third-order valence-corrected chi connectivity index (χ3v) is 6.87. The highest BCUT2D eigenvalue weighted by molar-refractivity contribution is 6.35. The van der Waals surface area contributed by atoms with E-state index in [9.17, 15) is 9.59 Å². The number of hydrogen-bond acceptors (Lipinski definition) is 5. The largest absolute Gasteiger partial charge is 0.370 e. The van der Waals surface area contributed by atoms with Crippen LogP contribution in [0.5, 0.6) is 0 Å². The van der Waals surface area contributed by atoms with Crippen molar-refractivity contribution in [3.05, 3.63) is 56.8 Å². The summed E-state index contributed by atoms with van der Waals surface area (Å²) in [4.78, 5) is 36.1. The molecule has 36 heavy (non-hydrogen) atoms. The summed E-state index contributed by atoms with van der Waals surface area (Å²) in [7, 11) is 0. The number of hydrogen-bond donors (Lipinski definition) is 1. The Morgan fingerprint density at radius 2 is 1.72 bits per heavy atom. The van der Waals surface area contributed by atoms with Gasteiger partial charge >= 0.3 is 0 Å². The van der Waals surface area contributed by atoms with Crippen molar-refractivity contribution in [1.82, 2.24) is 19.8 Å². The van der Waals surface area contributed by atoms with Crippen molar-refractivity contribution in [2.45, 2.75) is 52.7 Å². The van der Waals surface area contributed by atoms with Gasteiger partial charge in [-0.25, -0.2) is 4.98 Å². The van der Waals surface area contributed by atoms with Crippen molar-refractivity contribution < 1.29 is 4.79 Å². The van der Waals surface area contributed by atoms with Gasteiger partial charge in [0.05, 0.1) is 10.9 Å². The quantitative estimate of drug-likeness (QED) is 0.495. The van der Waals surface area contributed by atoms with E-state index < -0.39 is 0 Å². The van der Waals surface area contributed by atoms with Gasteiger partial charge in [-0.1, -0.05) is 23.2 Å². The highest BCUT2D eigenvalue weighted by Crippen LogP contribution is 2.28. The number of carbonyl (C=O) groups excluding carboxylic acids is 1. The molecule has 1 aliphatic heterocycles. The third-order valence-electron chi connectivity index (χ3n) is 6.44. The maximum Gasteiger partial charge on any atom is 0.262 e. The van der Waals surface area contributed by atoms with Gasteiger partial charge in [0.1, 0.15) is 12.4 Å². The number of fused-ring (bicyclic) bond motifs is 1.